The Morgan fingerprint density at radius 2 is 1.60 bits per heavy atom. The molecular weight excluding hydrogens is 565 g/mol. The van der Waals surface area contributed by atoms with Crippen LogP contribution in [0.1, 0.15) is 28.0 Å². The summed E-state index contributed by atoms with van der Waals surface area (Å²) in [6, 6.07) is 22.6. The zero-order valence-corrected chi connectivity index (χ0v) is 22.9. The first-order valence-corrected chi connectivity index (χ1v) is 14.4. The molecule has 1 aliphatic rings. The Morgan fingerprint density at radius 1 is 0.950 bits per heavy atom. The molecule has 0 atom stereocenters. The Hall–Kier alpha value is -3.76. The zero-order valence-electron chi connectivity index (χ0n) is 21.3. The number of para-hydroxylation sites is 2. The number of alkyl halides is 3. The highest BCUT2D eigenvalue weighted by Gasteiger charge is 2.34. The largest absolute Gasteiger partial charge is 0.390 e. The Kier molecular flexibility index (Phi) is 7.41. The van der Waals surface area contributed by atoms with Gasteiger partial charge in [-0.2, -0.15) is 21.6 Å². The van der Waals surface area contributed by atoms with Crippen molar-refractivity contribution in [2.75, 3.05) is 17.2 Å². The molecule has 4 aromatic rings. The van der Waals surface area contributed by atoms with Crippen molar-refractivity contribution in [1.82, 2.24) is 4.57 Å². The molecule has 0 saturated heterocycles. The third-order valence-electron chi connectivity index (χ3n) is 6.69. The molecule has 1 aromatic heterocycles. The first-order chi connectivity index (χ1) is 19.0. The summed E-state index contributed by atoms with van der Waals surface area (Å²) < 4.78 is 68.5. The fourth-order valence-corrected chi connectivity index (χ4v) is 6.11. The van der Waals surface area contributed by atoms with Crippen LogP contribution in [0.25, 0.3) is 16.9 Å². The van der Waals surface area contributed by atoms with Crippen molar-refractivity contribution in [1.29, 1.82) is 0 Å². The van der Waals surface area contributed by atoms with E-state index in [1.54, 1.807) is 23.1 Å². The van der Waals surface area contributed by atoms with Gasteiger partial charge in [-0.3, -0.25) is 4.79 Å². The van der Waals surface area contributed by atoms with E-state index in [4.69, 9.17) is 15.8 Å². The lowest BCUT2D eigenvalue weighted by Gasteiger charge is -2.28. The van der Waals surface area contributed by atoms with Gasteiger partial charge in [-0.25, -0.2) is 0 Å². The van der Waals surface area contributed by atoms with Gasteiger partial charge < -0.3 is 13.7 Å². The number of nitrogens with zero attached hydrogens (tertiary/aromatic N) is 2. The lowest BCUT2D eigenvalue weighted by atomic mass is 10.0. The minimum Gasteiger partial charge on any atom is -0.382 e. The van der Waals surface area contributed by atoms with Gasteiger partial charge in [0.15, 0.2) is 0 Å². The SMILES string of the molecule is Cc1c2c(n(-c3ccccc3Cl)c1-c1ccc(OS(=O)(=O)CCC(F)(F)F)cc1)CCN(c1ccccc1)C2=O. The van der Waals surface area contributed by atoms with Crippen molar-refractivity contribution < 1.29 is 30.6 Å². The van der Waals surface area contributed by atoms with E-state index < -0.39 is 28.5 Å². The molecule has 6 nitrogen and oxygen atoms in total. The van der Waals surface area contributed by atoms with Crippen LogP contribution in [0.15, 0.2) is 78.9 Å². The van der Waals surface area contributed by atoms with E-state index in [1.807, 2.05) is 60.0 Å². The van der Waals surface area contributed by atoms with E-state index in [2.05, 4.69) is 0 Å². The lowest BCUT2D eigenvalue weighted by Crippen LogP contribution is -2.38. The fourth-order valence-electron chi connectivity index (χ4n) is 4.92. The molecule has 5 rings (SSSR count). The first kappa shape index (κ1) is 27.8. The van der Waals surface area contributed by atoms with Crippen LogP contribution in [0.3, 0.4) is 0 Å². The van der Waals surface area contributed by atoms with Gasteiger partial charge in [-0.05, 0) is 66.6 Å². The number of fused-ring (bicyclic) bond motifs is 1. The van der Waals surface area contributed by atoms with Crippen LogP contribution < -0.4 is 9.08 Å². The summed E-state index contributed by atoms with van der Waals surface area (Å²) >= 11 is 6.61. The Labute approximate surface area is 234 Å². The van der Waals surface area contributed by atoms with Gasteiger partial charge in [0.2, 0.25) is 0 Å². The van der Waals surface area contributed by atoms with Crippen molar-refractivity contribution in [3.8, 4) is 22.7 Å². The highest BCUT2D eigenvalue weighted by molar-refractivity contribution is 7.87. The molecule has 2 heterocycles. The van der Waals surface area contributed by atoms with E-state index in [0.717, 1.165) is 11.4 Å². The van der Waals surface area contributed by atoms with Gasteiger partial charge in [0.05, 0.1) is 34.1 Å². The molecule has 0 fully saturated rings. The van der Waals surface area contributed by atoms with Crippen LogP contribution in [-0.4, -0.2) is 37.4 Å². The second-order valence-electron chi connectivity index (χ2n) is 9.36. The molecule has 1 aliphatic heterocycles. The monoisotopic (exact) mass is 588 g/mol. The van der Waals surface area contributed by atoms with Crippen LogP contribution >= 0.6 is 11.6 Å². The topological polar surface area (TPSA) is 68.6 Å². The number of halogens is 4. The summed E-state index contributed by atoms with van der Waals surface area (Å²) in [5.74, 6) is -1.44. The number of carbonyl (C=O) groups is 1. The van der Waals surface area contributed by atoms with Crippen LogP contribution in [-0.2, 0) is 16.5 Å². The Balaban J connectivity index is 1.56. The molecule has 0 radical (unpaired) electrons. The smallest absolute Gasteiger partial charge is 0.382 e. The van der Waals surface area contributed by atoms with Gasteiger partial charge in [0.1, 0.15) is 5.75 Å². The second-order valence-corrected chi connectivity index (χ2v) is 11.5. The summed E-state index contributed by atoms with van der Waals surface area (Å²) in [5.41, 5.74) is 4.87. The molecule has 0 spiro atoms. The molecule has 0 N–H and O–H groups in total. The standard InChI is InChI=1S/C29H24ClF3N2O4S/c1-19-26-25(15-17-34(28(26)36)21-7-3-2-4-8-21)35(24-10-6-5-9-23(24)30)27(19)20-11-13-22(14-12-20)39-40(37,38)18-16-29(31,32)33/h2-14H,15-18H2,1H3. The maximum absolute atomic E-state index is 13.8. The summed E-state index contributed by atoms with van der Waals surface area (Å²) in [7, 11) is -4.45. The normalized spacial score (nSPS) is 13.8. The predicted molar refractivity (Wildman–Crippen MR) is 148 cm³/mol. The van der Waals surface area contributed by atoms with Gasteiger partial charge in [-0.15, -0.1) is 0 Å². The van der Waals surface area contributed by atoms with E-state index >= 15 is 0 Å². The maximum atomic E-state index is 13.8. The van der Waals surface area contributed by atoms with Crippen molar-refractivity contribution in [2.24, 2.45) is 0 Å². The third-order valence-corrected chi connectivity index (χ3v) is 8.16. The number of hydrogen-bond acceptors (Lipinski definition) is 4. The minimum atomic E-state index is -4.62. The summed E-state index contributed by atoms with van der Waals surface area (Å²) in [5, 5.41) is 0.482. The third kappa shape index (κ3) is 5.59. The molecule has 1 amide bonds. The molecule has 0 bridgehead atoms. The highest BCUT2D eigenvalue weighted by atomic mass is 35.5. The Morgan fingerprint density at radius 3 is 2.25 bits per heavy atom. The van der Waals surface area contributed by atoms with Gasteiger partial charge in [-0.1, -0.05) is 41.9 Å². The molecule has 0 saturated carbocycles. The molecular formula is C29H24ClF3N2O4S. The van der Waals surface area contributed by atoms with Crippen LogP contribution in [0, 0.1) is 6.92 Å². The quantitative estimate of drug-likeness (QED) is 0.219. The average molecular weight is 589 g/mol. The number of rotatable bonds is 7. The first-order valence-electron chi connectivity index (χ1n) is 12.4. The fraction of sp³-hybridized carbons (Fsp3) is 0.207. The van der Waals surface area contributed by atoms with Gasteiger partial charge >= 0.3 is 16.3 Å². The van der Waals surface area contributed by atoms with Gasteiger partial charge in [0.25, 0.3) is 5.91 Å². The number of amides is 1. The zero-order chi connectivity index (χ0) is 28.7. The Bertz CT molecular complexity index is 1670. The van der Waals surface area contributed by atoms with Crippen LogP contribution in [0.2, 0.25) is 5.02 Å². The van der Waals surface area contributed by atoms with Crippen molar-refractivity contribution in [3.05, 3.63) is 101 Å². The summed E-state index contributed by atoms with van der Waals surface area (Å²) in [6.45, 7) is 2.31. The summed E-state index contributed by atoms with van der Waals surface area (Å²) in [4.78, 5) is 15.5. The van der Waals surface area contributed by atoms with Gasteiger partial charge in [0, 0.05) is 24.3 Å². The maximum Gasteiger partial charge on any atom is 0.390 e. The minimum absolute atomic E-state index is 0.115. The molecule has 0 aliphatic carbocycles. The van der Waals surface area contributed by atoms with E-state index in [0.29, 0.717) is 46.1 Å². The average Bonchev–Trinajstić information content (AvgIpc) is 3.21. The van der Waals surface area contributed by atoms with Crippen LogP contribution in [0.5, 0.6) is 5.75 Å². The van der Waals surface area contributed by atoms with E-state index in [-0.39, 0.29) is 11.7 Å². The number of hydrogen-bond donors (Lipinski definition) is 0. The summed E-state index contributed by atoms with van der Waals surface area (Å²) in [6.07, 6.45) is -5.56. The molecule has 3 aromatic carbocycles. The predicted octanol–water partition coefficient (Wildman–Crippen LogP) is 6.97. The number of benzene rings is 3. The highest BCUT2D eigenvalue weighted by Crippen LogP contribution is 2.40. The molecule has 40 heavy (non-hydrogen) atoms. The van der Waals surface area contributed by atoms with Crippen molar-refractivity contribution >= 4 is 33.3 Å². The lowest BCUT2D eigenvalue weighted by molar-refractivity contribution is -0.130. The number of carbonyl (C=O) groups excluding carboxylic acids is 1. The van der Waals surface area contributed by atoms with E-state index in [9.17, 15) is 26.4 Å². The molecule has 208 valence electrons. The molecule has 0 unspecified atom stereocenters. The van der Waals surface area contributed by atoms with Crippen LogP contribution in [0.4, 0.5) is 18.9 Å². The number of aromatic nitrogens is 1. The van der Waals surface area contributed by atoms with Crippen molar-refractivity contribution in [2.45, 2.75) is 25.9 Å². The second kappa shape index (κ2) is 10.7. The van der Waals surface area contributed by atoms with Crippen molar-refractivity contribution in [3.63, 3.8) is 0 Å². The number of anilines is 1. The molecule has 11 heteroatoms. The van der Waals surface area contributed by atoms with E-state index in [1.165, 1.54) is 12.1 Å².